The van der Waals surface area contributed by atoms with Crippen LogP contribution >= 0.6 is 0 Å². The van der Waals surface area contributed by atoms with Crippen LogP contribution in [0.3, 0.4) is 0 Å². The molecule has 0 saturated heterocycles. The maximum atomic E-state index is 12.9. The zero-order chi connectivity index (χ0) is 20.7. The average molecular weight is 397 g/mol. The molecule has 150 valence electrons. The molecule has 0 fully saturated rings. The second kappa shape index (κ2) is 8.98. The molecule has 10 heteroatoms. The summed E-state index contributed by atoms with van der Waals surface area (Å²) < 4.78 is 49.3. The summed E-state index contributed by atoms with van der Waals surface area (Å²) in [6.07, 6.45) is -5.65. The normalized spacial score (nSPS) is 11.9. The van der Waals surface area contributed by atoms with E-state index in [4.69, 9.17) is 9.47 Å². The van der Waals surface area contributed by atoms with E-state index in [1.54, 1.807) is 24.3 Å². The van der Waals surface area contributed by atoms with Crippen molar-refractivity contribution in [2.24, 2.45) is 0 Å². The highest BCUT2D eigenvalue weighted by Gasteiger charge is 2.33. The zero-order valence-electron chi connectivity index (χ0n) is 15.0. The standard InChI is InChI=1S/C18H18F3N3O4/c1-11(28-15-10-6-5-9-14(15)27-2)16(25)23-24-17(26)22-13-8-4-3-7-12(13)18(19,20)21/h3-11H,1-2H3,(H,23,25)(H2,22,24,26). The monoisotopic (exact) mass is 397 g/mol. The van der Waals surface area contributed by atoms with Crippen molar-refractivity contribution in [2.75, 3.05) is 12.4 Å². The van der Waals surface area contributed by atoms with Gasteiger partial charge in [0.25, 0.3) is 5.91 Å². The minimum Gasteiger partial charge on any atom is -0.493 e. The molecule has 2 aromatic carbocycles. The van der Waals surface area contributed by atoms with Gasteiger partial charge in [-0.25, -0.2) is 10.2 Å². The lowest BCUT2D eigenvalue weighted by Crippen LogP contribution is -2.48. The molecule has 3 amide bonds. The molecule has 0 aliphatic heterocycles. The predicted octanol–water partition coefficient (Wildman–Crippen LogP) is 3.33. The van der Waals surface area contributed by atoms with E-state index in [0.717, 1.165) is 12.1 Å². The zero-order valence-corrected chi connectivity index (χ0v) is 15.0. The number of carbonyl (C=O) groups excluding carboxylic acids is 2. The summed E-state index contributed by atoms with van der Waals surface area (Å²) in [5.74, 6) is 0.0120. The molecule has 0 saturated carbocycles. The van der Waals surface area contributed by atoms with Gasteiger partial charge in [0.15, 0.2) is 17.6 Å². The smallest absolute Gasteiger partial charge is 0.418 e. The van der Waals surface area contributed by atoms with Crippen LogP contribution in [0.4, 0.5) is 23.7 Å². The Morgan fingerprint density at radius 2 is 1.57 bits per heavy atom. The molecule has 1 atom stereocenters. The van der Waals surface area contributed by atoms with E-state index >= 15 is 0 Å². The summed E-state index contributed by atoms with van der Waals surface area (Å²) in [5.41, 5.74) is 2.59. The Balaban J connectivity index is 1.91. The number of ether oxygens (including phenoxy) is 2. The minimum atomic E-state index is -4.63. The summed E-state index contributed by atoms with van der Waals surface area (Å²) in [6, 6.07) is 10.1. The lowest BCUT2D eigenvalue weighted by molar-refractivity contribution is -0.137. The number of benzene rings is 2. The van der Waals surface area contributed by atoms with Crippen molar-refractivity contribution in [1.29, 1.82) is 0 Å². The van der Waals surface area contributed by atoms with Crippen LogP contribution in [0, 0.1) is 0 Å². The Labute approximate surface area is 158 Å². The molecule has 0 aliphatic rings. The van der Waals surface area contributed by atoms with Gasteiger partial charge >= 0.3 is 12.2 Å². The van der Waals surface area contributed by atoms with Crippen LogP contribution in [0.1, 0.15) is 12.5 Å². The maximum Gasteiger partial charge on any atom is 0.418 e. The first-order valence-corrected chi connectivity index (χ1v) is 8.05. The Morgan fingerprint density at radius 3 is 2.21 bits per heavy atom. The minimum absolute atomic E-state index is 0.316. The van der Waals surface area contributed by atoms with Crippen molar-refractivity contribution in [2.45, 2.75) is 19.2 Å². The number of hydrazine groups is 1. The molecular weight excluding hydrogens is 379 g/mol. The van der Waals surface area contributed by atoms with Crippen molar-refractivity contribution >= 4 is 17.6 Å². The van der Waals surface area contributed by atoms with Crippen LogP contribution in [0.5, 0.6) is 11.5 Å². The fourth-order valence-electron chi connectivity index (χ4n) is 2.17. The van der Waals surface area contributed by atoms with Gasteiger partial charge < -0.3 is 14.8 Å². The average Bonchev–Trinajstić information content (AvgIpc) is 2.66. The summed E-state index contributed by atoms with van der Waals surface area (Å²) >= 11 is 0. The Morgan fingerprint density at radius 1 is 0.964 bits per heavy atom. The van der Waals surface area contributed by atoms with Gasteiger partial charge in [-0.2, -0.15) is 13.2 Å². The lowest BCUT2D eigenvalue weighted by Gasteiger charge is -2.17. The Bertz CT molecular complexity index is 843. The predicted molar refractivity (Wildman–Crippen MR) is 94.8 cm³/mol. The highest BCUT2D eigenvalue weighted by Crippen LogP contribution is 2.34. The second-order valence-electron chi connectivity index (χ2n) is 5.52. The number of nitrogens with one attached hydrogen (secondary N) is 3. The molecule has 3 N–H and O–H groups in total. The SMILES string of the molecule is COc1ccccc1OC(C)C(=O)NNC(=O)Nc1ccccc1C(F)(F)F. The van der Waals surface area contributed by atoms with Gasteiger partial charge in [-0.15, -0.1) is 0 Å². The van der Waals surface area contributed by atoms with E-state index in [-0.39, 0.29) is 0 Å². The Kier molecular flexibility index (Phi) is 6.69. The van der Waals surface area contributed by atoms with E-state index in [9.17, 15) is 22.8 Å². The first kappa shape index (κ1) is 20.9. The van der Waals surface area contributed by atoms with Crippen LogP contribution < -0.4 is 25.6 Å². The number of carbonyl (C=O) groups is 2. The number of hydrogen-bond acceptors (Lipinski definition) is 4. The van der Waals surface area contributed by atoms with Gasteiger partial charge in [0.05, 0.1) is 18.4 Å². The van der Waals surface area contributed by atoms with Crippen molar-refractivity contribution in [3.63, 3.8) is 0 Å². The first-order valence-electron chi connectivity index (χ1n) is 8.05. The molecule has 2 rings (SSSR count). The highest BCUT2D eigenvalue weighted by molar-refractivity contribution is 5.92. The first-order chi connectivity index (χ1) is 13.2. The molecule has 0 radical (unpaired) electrons. The lowest BCUT2D eigenvalue weighted by atomic mass is 10.1. The van der Waals surface area contributed by atoms with Crippen molar-refractivity contribution in [3.05, 3.63) is 54.1 Å². The van der Waals surface area contributed by atoms with Crippen LogP contribution in [0.25, 0.3) is 0 Å². The fraction of sp³-hybridized carbons (Fsp3) is 0.222. The third-order valence-electron chi connectivity index (χ3n) is 3.52. The van der Waals surface area contributed by atoms with Crippen LogP contribution in [0.15, 0.2) is 48.5 Å². The second-order valence-corrected chi connectivity index (χ2v) is 5.52. The van der Waals surface area contributed by atoms with Crippen molar-refractivity contribution in [3.8, 4) is 11.5 Å². The summed E-state index contributed by atoms with van der Waals surface area (Å²) in [4.78, 5) is 23.8. The van der Waals surface area contributed by atoms with E-state index < -0.39 is 35.5 Å². The summed E-state index contributed by atoms with van der Waals surface area (Å²) in [6.45, 7) is 1.43. The number of amides is 3. The molecule has 2 aromatic rings. The third-order valence-corrected chi connectivity index (χ3v) is 3.52. The number of anilines is 1. The molecule has 0 heterocycles. The van der Waals surface area contributed by atoms with Gasteiger partial charge in [0.1, 0.15) is 0 Å². The molecule has 0 spiro atoms. The number of methoxy groups -OCH3 is 1. The van der Waals surface area contributed by atoms with Crippen LogP contribution in [0.2, 0.25) is 0 Å². The molecular formula is C18H18F3N3O4. The number of halogens is 3. The van der Waals surface area contributed by atoms with Crippen molar-refractivity contribution in [1.82, 2.24) is 10.9 Å². The molecule has 0 aliphatic carbocycles. The molecule has 1 unspecified atom stereocenters. The highest BCUT2D eigenvalue weighted by atomic mass is 19.4. The van der Waals surface area contributed by atoms with Gasteiger partial charge in [-0.1, -0.05) is 24.3 Å². The van der Waals surface area contributed by atoms with Gasteiger partial charge in [0, 0.05) is 0 Å². The Hall–Kier alpha value is -3.43. The van der Waals surface area contributed by atoms with Crippen LogP contribution in [-0.4, -0.2) is 25.2 Å². The molecule has 7 nitrogen and oxygen atoms in total. The molecule has 0 aromatic heterocycles. The molecule has 28 heavy (non-hydrogen) atoms. The number of alkyl halides is 3. The fourth-order valence-corrected chi connectivity index (χ4v) is 2.17. The van der Waals surface area contributed by atoms with Crippen LogP contribution in [-0.2, 0) is 11.0 Å². The van der Waals surface area contributed by atoms with E-state index in [0.29, 0.717) is 11.5 Å². The summed E-state index contributed by atoms with van der Waals surface area (Å²) in [5, 5.41) is 2.03. The number of rotatable bonds is 5. The summed E-state index contributed by atoms with van der Waals surface area (Å²) in [7, 11) is 1.44. The molecule has 0 bridgehead atoms. The third kappa shape index (κ3) is 5.53. The van der Waals surface area contributed by atoms with E-state index in [1.165, 1.54) is 26.2 Å². The number of urea groups is 1. The van der Waals surface area contributed by atoms with Gasteiger partial charge in [-0.05, 0) is 31.2 Å². The van der Waals surface area contributed by atoms with Gasteiger partial charge in [0.2, 0.25) is 0 Å². The maximum absolute atomic E-state index is 12.9. The number of para-hydroxylation sites is 3. The van der Waals surface area contributed by atoms with Gasteiger partial charge in [-0.3, -0.25) is 10.2 Å². The van der Waals surface area contributed by atoms with Crippen molar-refractivity contribution < 1.29 is 32.2 Å². The van der Waals surface area contributed by atoms with E-state index in [1.807, 2.05) is 10.7 Å². The largest absolute Gasteiger partial charge is 0.493 e. The number of hydrogen-bond donors (Lipinski definition) is 3. The quantitative estimate of drug-likeness (QED) is 0.676. The van der Waals surface area contributed by atoms with E-state index in [2.05, 4.69) is 5.43 Å². The topological polar surface area (TPSA) is 88.7 Å².